The lowest BCUT2D eigenvalue weighted by atomic mass is 9.94. The minimum Gasteiger partial charge on any atom is -0.508 e. The fourth-order valence-corrected chi connectivity index (χ4v) is 5.87. The van der Waals surface area contributed by atoms with Gasteiger partial charge in [0.2, 0.25) is 5.91 Å². The number of hydrogen-bond acceptors (Lipinski definition) is 7. The van der Waals surface area contributed by atoms with E-state index in [0.717, 1.165) is 68.4 Å². The molecule has 2 saturated heterocycles. The molecular weight excluding hydrogens is 422 g/mol. The summed E-state index contributed by atoms with van der Waals surface area (Å²) in [5.74, 6) is 1.67. The van der Waals surface area contributed by atoms with Crippen LogP contribution in [-0.2, 0) is 4.79 Å². The van der Waals surface area contributed by atoms with Crippen LogP contribution in [0, 0.1) is 19.8 Å². The maximum absolute atomic E-state index is 13.2. The Morgan fingerprint density at radius 1 is 1.03 bits per heavy atom. The van der Waals surface area contributed by atoms with Crippen LogP contribution in [-0.4, -0.2) is 65.2 Å². The Balaban J connectivity index is 1.20. The topological polar surface area (TPSA) is 72.8 Å². The molecule has 8 heteroatoms. The number of aryl methyl sites for hydroxylation is 2. The van der Waals surface area contributed by atoms with Gasteiger partial charge in [0.15, 0.2) is 0 Å². The molecule has 0 aliphatic carbocycles. The Labute approximate surface area is 192 Å². The zero-order valence-corrected chi connectivity index (χ0v) is 19.4. The van der Waals surface area contributed by atoms with E-state index in [0.29, 0.717) is 0 Å². The molecule has 0 saturated carbocycles. The summed E-state index contributed by atoms with van der Waals surface area (Å²) in [6.07, 6.45) is 3.38. The van der Waals surface area contributed by atoms with Crippen molar-refractivity contribution < 1.29 is 9.90 Å². The molecular formula is C24H29N5O2S. The highest BCUT2D eigenvalue weighted by molar-refractivity contribution is 7.18. The second-order valence-electron chi connectivity index (χ2n) is 8.75. The summed E-state index contributed by atoms with van der Waals surface area (Å²) >= 11 is 1.72. The minimum atomic E-state index is 0.0844. The first-order valence-electron chi connectivity index (χ1n) is 11.3. The van der Waals surface area contributed by atoms with E-state index in [1.165, 1.54) is 15.8 Å². The minimum absolute atomic E-state index is 0.0844. The van der Waals surface area contributed by atoms with Crippen LogP contribution in [0.3, 0.4) is 0 Å². The van der Waals surface area contributed by atoms with E-state index in [9.17, 15) is 9.90 Å². The molecule has 0 atom stereocenters. The number of benzene rings is 1. The van der Waals surface area contributed by atoms with E-state index in [2.05, 4.69) is 33.6 Å². The summed E-state index contributed by atoms with van der Waals surface area (Å²) in [6.45, 7) is 9.03. The van der Waals surface area contributed by atoms with Crippen LogP contribution < -0.4 is 9.80 Å². The first-order chi connectivity index (χ1) is 15.5. The molecule has 2 aromatic heterocycles. The van der Waals surface area contributed by atoms with Gasteiger partial charge in [-0.15, -0.1) is 11.3 Å². The van der Waals surface area contributed by atoms with Gasteiger partial charge < -0.3 is 19.8 Å². The third-order valence-corrected chi connectivity index (χ3v) is 7.99. The lowest BCUT2D eigenvalue weighted by Crippen LogP contribution is -2.51. The van der Waals surface area contributed by atoms with Crippen LogP contribution in [0.25, 0.3) is 10.2 Å². The van der Waals surface area contributed by atoms with Gasteiger partial charge in [0, 0.05) is 61.8 Å². The van der Waals surface area contributed by atoms with Crippen molar-refractivity contribution in [2.24, 2.45) is 5.92 Å². The number of thiophene rings is 1. The highest BCUT2D eigenvalue weighted by Gasteiger charge is 2.31. The molecule has 5 rings (SSSR count). The molecule has 2 aliphatic heterocycles. The van der Waals surface area contributed by atoms with E-state index in [-0.39, 0.29) is 17.6 Å². The Kier molecular flexibility index (Phi) is 5.63. The number of hydrogen-bond donors (Lipinski definition) is 1. The van der Waals surface area contributed by atoms with Crippen molar-refractivity contribution in [1.82, 2.24) is 14.9 Å². The highest BCUT2D eigenvalue weighted by atomic mass is 32.1. The number of piperidine rings is 1. The number of fused-ring (bicyclic) bond motifs is 1. The van der Waals surface area contributed by atoms with Gasteiger partial charge in [-0.05, 0) is 44.4 Å². The molecule has 0 bridgehead atoms. The molecule has 1 amide bonds. The van der Waals surface area contributed by atoms with Crippen molar-refractivity contribution in [1.29, 1.82) is 0 Å². The summed E-state index contributed by atoms with van der Waals surface area (Å²) < 4.78 is 0. The van der Waals surface area contributed by atoms with Gasteiger partial charge in [-0.3, -0.25) is 4.79 Å². The second kappa shape index (κ2) is 8.58. The smallest absolute Gasteiger partial charge is 0.225 e. The second-order valence-corrected chi connectivity index (χ2v) is 9.96. The number of piperazine rings is 1. The fourth-order valence-electron chi connectivity index (χ4n) is 4.87. The van der Waals surface area contributed by atoms with Crippen molar-refractivity contribution in [2.45, 2.75) is 26.7 Å². The van der Waals surface area contributed by atoms with Crippen LogP contribution in [0.4, 0.5) is 11.5 Å². The van der Waals surface area contributed by atoms with Crippen LogP contribution in [0.1, 0.15) is 23.3 Å². The van der Waals surface area contributed by atoms with E-state index in [1.807, 2.05) is 17.0 Å². The summed E-state index contributed by atoms with van der Waals surface area (Å²) in [5.41, 5.74) is 2.28. The Morgan fingerprint density at radius 3 is 2.50 bits per heavy atom. The number of rotatable bonds is 3. The van der Waals surface area contributed by atoms with Crippen LogP contribution in [0.2, 0.25) is 0 Å². The van der Waals surface area contributed by atoms with Crippen molar-refractivity contribution >= 4 is 39.0 Å². The summed E-state index contributed by atoms with van der Waals surface area (Å²) in [4.78, 5) is 31.2. The first-order valence-corrected chi connectivity index (χ1v) is 12.1. The average molecular weight is 452 g/mol. The van der Waals surface area contributed by atoms with E-state index < -0.39 is 0 Å². The van der Waals surface area contributed by atoms with Gasteiger partial charge >= 0.3 is 0 Å². The summed E-state index contributed by atoms with van der Waals surface area (Å²) in [6, 6.07) is 7.34. The number of anilines is 2. The van der Waals surface area contributed by atoms with Gasteiger partial charge in [0.1, 0.15) is 22.7 Å². The molecule has 2 fully saturated rings. The van der Waals surface area contributed by atoms with Crippen LogP contribution in [0.15, 0.2) is 30.6 Å². The predicted octanol–water partition coefficient (Wildman–Crippen LogP) is 3.58. The number of carbonyl (C=O) groups excluding carboxylic acids is 1. The van der Waals surface area contributed by atoms with Gasteiger partial charge in [-0.1, -0.05) is 6.07 Å². The molecule has 32 heavy (non-hydrogen) atoms. The maximum atomic E-state index is 13.2. The molecule has 0 unspecified atom stereocenters. The van der Waals surface area contributed by atoms with Crippen molar-refractivity contribution in [3.8, 4) is 5.75 Å². The molecule has 168 valence electrons. The molecule has 3 aromatic rings. The molecule has 0 spiro atoms. The van der Waals surface area contributed by atoms with Crippen molar-refractivity contribution in [2.75, 3.05) is 49.1 Å². The van der Waals surface area contributed by atoms with E-state index in [1.54, 1.807) is 29.8 Å². The fraction of sp³-hybridized carbons (Fsp3) is 0.458. The molecule has 7 nitrogen and oxygen atoms in total. The van der Waals surface area contributed by atoms with E-state index in [4.69, 9.17) is 0 Å². The Morgan fingerprint density at radius 2 is 1.78 bits per heavy atom. The van der Waals surface area contributed by atoms with Crippen LogP contribution >= 0.6 is 11.3 Å². The van der Waals surface area contributed by atoms with Crippen molar-refractivity contribution in [3.05, 3.63) is 41.0 Å². The third kappa shape index (κ3) is 3.88. The highest BCUT2D eigenvalue weighted by Crippen LogP contribution is 2.36. The zero-order valence-electron chi connectivity index (χ0n) is 18.6. The summed E-state index contributed by atoms with van der Waals surface area (Å²) in [5, 5.41) is 10.9. The Bertz CT molecular complexity index is 1130. The van der Waals surface area contributed by atoms with Gasteiger partial charge in [0.05, 0.1) is 5.39 Å². The monoisotopic (exact) mass is 451 g/mol. The molecule has 1 aromatic carbocycles. The molecule has 0 radical (unpaired) electrons. The quantitative estimate of drug-likeness (QED) is 0.656. The number of phenolic OH excluding ortho intramolecular Hbond substituents is 1. The van der Waals surface area contributed by atoms with Crippen LogP contribution in [0.5, 0.6) is 5.75 Å². The predicted molar refractivity (Wildman–Crippen MR) is 129 cm³/mol. The van der Waals surface area contributed by atoms with Gasteiger partial charge in [0.25, 0.3) is 0 Å². The van der Waals surface area contributed by atoms with Crippen molar-refractivity contribution in [3.63, 3.8) is 0 Å². The lowest BCUT2D eigenvalue weighted by molar-refractivity contribution is -0.136. The maximum Gasteiger partial charge on any atom is 0.225 e. The third-order valence-electron chi connectivity index (χ3n) is 6.88. The largest absolute Gasteiger partial charge is 0.508 e. The SMILES string of the molecule is Cc1sc2ncnc(N3CCC(C(=O)N4CCN(c5cccc(O)c5)CC4)CC3)c2c1C. The number of phenols is 1. The lowest BCUT2D eigenvalue weighted by Gasteiger charge is -2.39. The molecule has 2 aliphatic rings. The normalized spacial score (nSPS) is 17.9. The average Bonchev–Trinajstić information content (AvgIpc) is 3.12. The number of carbonyl (C=O) groups is 1. The van der Waals surface area contributed by atoms with E-state index >= 15 is 0 Å². The standard InChI is InChI=1S/C24H29N5O2S/c1-16-17(2)32-23-21(16)22(25-15-26-23)28-8-6-18(7-9-28)24(31)29-12-10-27(11-13-29)19-4-3-5-20(30)14-19/h3-5,14-15,18,30H,6-13H2,1-2H3. The van der Waals surface area contributed by atoms with Gasteiger partial charge in [-0.25, -0.2) is 9.97 Å². The number of amides is 1. The first kappa shape index (κ1) is 21.0. The zero-order chi connectivity index (χ0) is 22.2. The Hall–Kier alpha value is -2.87. The molecule has 4 heterocycles. The summed E-state index contributed by atoms with van der Waals surface area (Å²) in [7, 11) is 0. The van der Waals surface area contributed by atoms with Gasteiger partial charge in [-0.2, -0.15) is 0 Å². The number of nitrogens with zero attached hydrogens (tertiary/aromatic N) is 5. The number of aromatic nitrogens is 2. The number of aromatic hydroxyl groups is 1. The molecule has 1 N–H and O–H groups in total.